The molecular weight excluding hydrogens is 339 g/mol. The fourth-order valence-electron chi connectivity index (χ4n) is 2.09. The van der Waals surface area contributed by atoms with E-state index in [0.29, 0.717) is 23.1 Å². The van der Waals surface area contributed by atoms with E-state index in [-0.39, 0.29) is 6.10 Å². The van der Waals surface area contributed by atoms with Crippen LogP contribution in [0.1, 0.15) is 19.3 Å². The zero-order valence-corrected chi connectivity index (χ0v) is 12.7. The van der Waals surface area contributed by atoms with Crippen molar-refractivity contribution in [3.05, 3.63) is 28.5 Å². The number of rotatable bonds is 4. The van der Waals surface area contributed by atoms with E-state index in [1.807, 2.05) is 0 Å². The molecule has 2 rings (SSSR count). The molecule has 0 unspecified atom stereocenters. The Morgan fingerprint density at radius 3 is 2.63 bits per heavy atom. The lowest BCUT2D eigenvalue weighted by Crippen LogP contribution is -2.30. The predicted molar refractivity (Wildman–Crippen MR) is 72.1 cm³/mol. The number of ether oxygens (including phenoxy) is 1. The third-order valence-electron chi connectivity index (χ3n) is 2.87. The maximum Gasteiger partial charge on any atom is 0.264 e. The Bertz CT molecular complexity index is 561. The van der Waals surface area contributed by atoms with Gasteiger partial charge >= 0.3 is 0 Å². The van der Waals surface area contributed by atoms with Crippen LogP contribution in [0.15, 0.2) is 22.7 Å². The van der Waals surface area contributed by atoms with Gasteiger partial charge in [-0.15, -0.1) is 0 Å². The molecule has 0 radical (unpaired) electrons. The van der Waals surface area contributed by atoms with Crippen molar-refractivity contribution in [1.29, 1.82) is 0 Å². The van der Waals surface area contributed by atoms with Crippen LogP contribution < -0.4 is 4.74 Å². The summed E-state index contributed by atoms with van der Waals surface area (Å²) in [5.74, 6) is -0.0502. The van der Waals surface area contributed by atoms with Gasteiger partial charge < -0.3 is 4.74 Å². The fraction of sp³-hybridized carbons (Fsp3) is 0.500. The van der Waals surface area contributed by atoms with Gasteiger partial charge in [-0.2, -0.15) is 8.42 Å². The third-order valence-corrected chi connectivity index (χ3v) is 4.11. The Morgan fingerprint density at radius 2 is 2.00 bits per heavy atom. The summed E-state index contributed by atoms with van der Waals surface area (Å²) in [4.78, 5) is 0. The van der Waals surface area contributed by atoms with Gasteiger partial charge in [-0.05, 0) is 47.3 Å². The summed E-state index contributed by atoms with van der Waals surface area (Å²) >= 11 is 3.06. The minimum atomic E-state index is -3.51. The van der Waals surface area contributed by atoms with Crippen molar-refractivity contribution in [3.8, 4) is 5.75 Å². The second-order valence-electron chi connectivity index (χ2n) is 4.50. The topological polar surface area (TPSA) is 52.6 Å². The molecule has 1 aromatic rings. The van der Waals surface area contributed by atoms with Crippen LogP contribution in [0, 0.1) is 5.82 Å². The predicted octanol–water partition coefficient (Wildman–Crippen LogP) is 2.86. The van der Waals surface area contributed by atoms with Crippen LogP contribution in [0.25, 0.3) is 0 Å². The van der Waals surface area contributed by atoms with Crippen LogP contribution in [0.2, 0.25) is 0 Å². The van der Waals surface area contributed by atoms with Crippen molar-refractivity contribution in [2.75, 3.05) is 6.26 Å². The zero-order valence-electron chi connectivity index (χ0n) is 10.3. The van der Waals surface area contributed by atoms with E-state index in [4.69, 9.17) is 8.92 Å². The van der Waals surface area contributed by atoms with Crippen LogP contribution in [-0.2, 0) is 14.3 Å². The van der Waals surface area contributed by atoms with Crippen molar-refractivity contribution < 1.29 is 21.7 Å². The minimum absolute atomic E-state index is 0.357. The smallest absolute Gasteiger partial charge is 0.264 e. The lowest BCUT2D eigenvalue weighted by Gasteiger charge is -2.20. The Hall–Kier alpha value is -0.660. The molecule has 1 aliphatic rings. The van der Waals surface area contributed by atoms with Gasteiger partial charge in [0.25, 0.3) is 10.1 Å². The van der Waals surface area contributed by atoms with E-state index in [1.165, 1.54) is 6.07 Å². The normalized spacial score (nSPS) is 23.5. The van der Waals surface area contributed by atoms with Gasteiger partial charge in [0.05, 0.1) is 10.7 Å². The van der Waals surface area contributed by atoms with Crippen molar-refractivity contribution in [3.63, 3.8) is 0 Å². The molecule has 1 aliphatic carbocycles. The molecule has 1 aromatic carbocycles. The maximum absolute atomic E-state index is 13.4. The first-order valence-electron chi connectivity index (χ1n) is 5.85. The highest BCUT2D eigenvalue weighted by molar-refractivity contribution is 9.10. The van der Waals surface area contributed by atoms with E-state index in [0.717, 1.165) is 12.7 Å². The molecule has 0 aliphatic heterocycles. The summed E-state index contributed by atoms with van der Waals surface area (Å²) in [6.45, 7) is 0. The molecule has 106 valence electrons. The summed E-state index contributed by atoms with van der Waals surface area (Å²) in [6.07, 6.45) is 2.29. The molecule has 4 nitrogen and oxygen atoms in total. The lowest BCUT2D eigenvalue weighted by atomic mass is 10.2. The first kappa shape index (κ1) is 14.7. The Balaban J connectivity index is 2.07. The first-order chi connectivity index (χ1) is 8.85. The molecule has 0 bridgehead atoms. The molecule has 0 amide bonds. The van der Waals surface area contributed by atoms with E-state index in [2.05, 4.69) is 15.9 Å². The quantitative estimate of drug-likeness (QED) is 0.781. The summed E-state index contributed by atoms with van der Waals surface area (Å²) in [7, 11) is -3.51. The zero-order chi connectivity index (χ0) is 14.0. The van der Waals surface area contributed by atoms with Crippen molar-refractivity contribution in [2.45, 2.75) is 31.5 Å². The summed E-state index contributed by atoms with van der Waals surface area (Å²) in [5.41, 5.74) is 0. The van der Waals surface area contributed by atoms with Gasteiger partial charge in [0.15, 0.2) is 0 Å². The largest absolute Gasteiger partial charge is 0.488 e. The second kappa shape index (κ2) is 5.76. The second-order valence-corrected chi connectivity index (χ2v) is 6.96. The van der Waals surface area contributed by atoms with Crippen LogP contribution in [0.3, 0.4) is 0 Å². The average molecular weight is 353 g/mol. The molecule has 1 fully saturated rings. The summed E-state index contributed by atoms with van der Waals surface area (Å²) in [6, 6.07) is 4.44. The molecule has 0 N–H and O–H groups in total. The van der Waals surface area contributed by atoms with Crippen LogP contribution >= 0.6 is 15.9 Å². The highest BCUT2D eigenvalue weighted by atomic mass is 79.9. The molecule has 2 atom stereocenters. The van der Waals surface area contributed by atoms with Gasteiger partial charge in [-0.3, -0.25) is 4.18 Å². The monoisotopic (exact) mass is 352 g/mol. The van der Waals surface area contributed by atoms with Crippen LogP contribution in [0.5, 0.6) is 5.75 Å². The van der Waals surface area contributed by atoms with Crippen LogP contribution in [-0.4, -0.2) is 26.9 Å². The average Bonchev–Trinajstić information content (AvgIpc) is 2.69. The van der Waals surface area contributed by atoms with E-state index >= 15 is 0 Å². The SMILES string of the molecule is CS(=O)(=O)O[C@@H]1CCC[C@H]1Oc1ccc(Br)c(F)c1. The van der Waals surface area contributed by atoms with E-state index < -0.39 is 22.0 Å². The molecule has 0 heterocycles. The van der Waals surface area contributed by atoms with Gasteiger partial charge in [0, 0.05) is 6.07 Å². The number of hydrogen-bond acceptors (Lipinski definition) is 4. The maximum atomic E-state index is 13.4. The number of hydrogen-bond donors (Lipinski definition) is 0. The molecule has 1 saturated carbocycles. The third kappa shape index (κ3) is 4.15. The summed E-state index contributed by atoms with van der Waals surface area (Å²) < 4.78 is 46.6. The van der Waals surface area contributed by atoms with Gasteiger partial charge in [-0.1, -0.05) is 0 Å². The molecule has 0 aromatic heterocycles. The van der Waals surface area contributed by atoms with E-state index in [9.17, 15) is 12.8 Å². The number of benzene rings is 1. The lowest BCUT2D eigenvalue weighted by molar-refractivity contribution is 0.0830. The number of halogens is 2. The van der Waals surface area contributed by atoms with Gasteiger partial charge in [-0.25, -0.2) is 4.39 Å². The highest BCUT2D eigenvalue weighted by Crippen LogP contribution is 2.29. The first-order valence-corrected chi connectivity index (χ1v) is 8.46. The van der Waals surface area contributed by atoms with Crippen molar-refractivity contribution in [2.24, 2.45) is 0 Å². The molecular formula is C12H14BrFO4S. The highest BCUT2D eigenvalue weighted by Gasteiger charge is 2.32. The minimum Gasteiger partial charge on any atom is -0.488 e. The fourth-order valence-corrected chi connectivity index (χ4v) is 3.00. The van der Waals surface area contributed by atoms with E-state index in [1.54, 1.807) is 12.1 Å². The van der Waals surface area contributed by atoms with Gasteiger partial charge in [0.1, 0.15) is 23.8 Å². The molecule has 19 heavy (non-hydrogen) atoms. The Kier molecular flexibility index (Phi) is 4.47. The van der Waals surface area contributed by atoms with Crippen molar-refractivity contribution in [1.82, 2.24) is 0 Å². The Labute approximate surface area is 120 Å². The van der Waals surface area contributed by atoms with Gasteiger partial charge in [0.2, 0.25) is 0 Å². The molecule has 7 heteroatoms. The summed E-state index contributed by atoms with van der Waals surface area (Å²) in [5, 5.41) is 0. The Morgan fingerprint density at radius 1 is 1.32 bits per heavy atom. The van der Waals surface area contributed by atoms with Crippen LogP contribution in [0.4, 0.5) is 4.39 Å². The van der Waals surface area contributed by atoms with Crippen molar-refractivity contribution >= 4 is 26.0 Å². The molecule has 0 spiro atoms. The standard InChI is InChI=1S/C12H14BrFO4S/c1-19(15,16)18-12-4-2-3-11(12)17-8-5-6-9(13)10(14)7-8/h5-7,11-12H,2-4H2,1H3/t11-,12-/m1/s1. The molecule has 0 saturated heterocycles.